The summed E-state index contributed by atoms with van der Waals surface area (Å²) in [5, 5.41) is 9.62. The topological polar surface area (TPSA) is 95.7 Å². The van der Waals surface area contributed by atoms with Crippen molar-refractivity contribution in [1.29, 1.82) is 0 Å². The minimum absolute atomic E-state index is 0.171. The van der Waals surface area contributed by atoms with Crippen molar-refractivity contribution in [3.8, 4) is 0 Å². The van der Waals surface area contributed by atoms with Crippen LogP contribution >= 0.6 is 0 Å². The van der Waals surface area contributed by atoms with E-state index < -0.39 is 10.0 Å². The van der Waals surface area contributed by atoms with Crippen molar-refractivity contribution in [1.82, 2.24) is 4.72 Å². The van der Waals surface area contributed by atoms with Gasteiger partial charge in [0.2, 0.25) is 10.0 Å². The molecule has 1 aromatic carbocycles. The third-order valence-corrected chi connectivity index (χ3v) is 5.55. The molecule has 0 bridgehead atoms. The average Bonchev–Trinajstić information content (AvgIpc) is 2.47. The number of nitrogens with two attached hydrogens (primary N) is 1. The fraction of sp³-hybridized carbons (Fsp3) is 0.571. The van der Waals surface area contributed by atoms with Crippen molar-refractivity contribution < 1.29 is 13.5 Å². The zero-order valence-corrected chi connectivity index (χ0v) is 13.2. The van der Waals surface area contributed by atoms with Gasteiger partial charge in [-0.1, -0.05) is 0 Å². The van der Waals surface area contributed by atoms with Crippen molar-refractivity contribution in [2.45, 2.75) is 30.8 Å². The highest BCUT2D eigenvalue weighted by atomic mass is 32.2. The number of nitrogen functional groups attached to an aromatic ring is 1. The maximum Gasteiger partial charge on any atom is 0.240 e. The Bertz CT molecular complexity index is 593. The molecule has 2 rings (SSSR count). The van der Waals surface area contributed by atoms with Crippen LogP contribution < -0.4 is 15.4 Å². The van der Waals surface area contributed by atoms with Gasteiger partial charge >= 0.3 is 0 Å². The summed E-state index contributed by atoms with van der Waals surface area (Å²) in [6.45, 7) is 3.46. The third-order valence-electron chi connectivity index (χ3n) is 4.14. The Balaban J connectivity index is 2.16. The van der Waals surface area contributed by atoms with Gasteiger partial charge < -0.3 is 15.7 Å². The maximum atomic E-state index is 11.8. The number of sulfonamides is 1. The summed E-state index contributed by atoms with van der Waals surface area (Å²) in [6, 6.07) is 4.81. The predicted molar refractivity (Wildman–Crippen MR) is 83.7 cm³/mol. The van der Waals surface area contributed by atoms with Crippen LogP contribution in [0.25, 0.3) is 0 Å². The first kappa shape index (κ1) is 16.1. The number of nitrogens with zero attached hydrogens (tertiary/aromatic N) is 1. The third kappa shape index (κ3) is 3.48. The van der Waals surface area contributed by atoms with E-state index in [9.17, 15) is 13.5 Å². The van der Waals surface area contributed by atoms with Gasteiger partial charge in [-0.25, -0.2) is 13.1 Å². The second-order valence-electron chi connectivity index (χ2n) is 5.49. The van der Waals surface area contributed by atoms with Crippen molar-refractivity contribution in [3.05, 3.63) is 18.2 Å². The van der Waals surface area contributed by atoms with Gasteiger partial charge in [-0.05, 0) is 50.9 Å². The Kier molecular flexibility index (Phi) is 4.75. The lowest BCUT2D eigenvalue weighted by Crippen LogP contribution is -2.37. The van der Waals surface area contributed by atoms with E-state index in [1.54, 1.807) is 12.1 Å². The van der Waals surface area contributed by atoms with E-state index in [0.29, 0.717) is 11.6 Å². The van der Waals surface area contributed by atoms with E-state index in [1.807, 2.05) is 6.92 Å². The smallest absolute Gasteiger partial charge is 0.240 e. The number of anilines is 2. The molecule has 4 N–H and O–H groups in total. The van der Waals surface area contributed by atoms with E-state index in [-0.39, 0.29) is 11.0 Å². The van der Waals surface area contributed by atoms with Crippen LogP contribution in [0.15, 0.2) is 23.1 Å². The van der Waals surface area contributed by atoms with E-state index in [0.717, 1.165) is 31.6 Å². The van der Waals surface area contributed by atoms with Crippen LogP contribution in [0.4, 0.5) is 11.4 Å². The number of aliphatic hydroxyl groups is 1. The molecule has 1 heterocycles. The van der Waals surface area contributed by atoms with Gasteiger partial charge in [0.25, 0.3) is 0 Å². The standard InChI is InChI=1S/C14H23N3O3S/c1-10(18)11-5-7-17(8-6-11)14-4-3-12(9-13(14)15)21(19,20)16-2/h3-4,9-11,16,18H,5-8,15H2,1-2H3. The van der Waals surface area contributed by atoms with E-state index >= 15 is 0 Å². The second kappa shape index (κ2) is 6.21. The highest BCUT2D eigenvalue weighted by molar-refractivity contribution is 7.89. The van der Waals surface area contributed by atoms with E-state index in [1.165, 1.54) is 13.1 Å². The monoisotopic (exact) mass is 313 g/mol. The fourth-order valence-corrected chi connectivity index (χ4v) is 3.49. The molecule has 1 aliphatic heterocycles. The fourth-order valence-electron chi connectivity index (χ4n) is 2.73. The molecule has 0 aromatic heterocycles. The minimum atomic E-state index is -3.47. The summed E-state index contributed by atoms with van der Waals surface area (Å²) in [5.74, 6) is 0.325. The Morgan fingerprint density at radius 3 is 2.48 bits per heavy atom. The number of nitrogens with one attached hydrogen (secondary N) is 1. The molecule has 1 fully saturated rings. The number of aliphatic hydroxyl groups excluding tert-OH is 1. The molecule has 1 unspecified atom stereocenters. The molecule has 1 aromatic rings. The van der Waals surface area contributed by atoms with Gasteiger partial charge in [-0.2, -0.15) is 0 Å². The van der Waals surface area contributed by atoms with Gasteiger partial charge in [-0.15, -0.1) is 0 Å². The SMILES string of the molecule is CNS(=O)(=O)c1ccc(N2CCC(C(C)O)CC2)c(N)c1. The van der Waals surface area contributed by atoms with Gasteiger partial charge in [0.1, 0.15) is 0 Å². The number of benzene rings is 1. The summed E-state index contributed by atoms with van der Waals surface area (Å²) in [7, 11) is -2.09. The summed E-state index contributed by atoms with van der Waals surface area (Å²) >= 11 is 0. The zero-order valence-electron chi connectivity index (χ0n) is 12.4. The van der Waals surface area contributed by atoms with Crippen LogP contribution in [0.2, 0.25) is 0 Å². The molecule has 0 aliphatic carbocycles. The largest absolute Gasteiger partial charge is 0.397 e. The van der Waals surface area contributed by atoms with Crippen LogP contribution in [0.5, 0.6) is 0 Å². The van der Waals surface area contributed by atoms with Gasteiger partial charge in [0.05, 0.1) is 22.4 Å². The molecular weight excluding hydrogens is 290 g/mol. The minimum Gasteiger partial charge on any atom is -0.397 e. The average molecular weight is 313 g/mol. The second-order valence-corrected chi connectivity index (χ2v) is 7.38. The quantitative estimate of drug-likeness (QED) is 0.714. The van der Waals surface area contributed by atoms with Crippen LogP contribution in [0, 0.1) is 5.92 Å². The Labute approximate surface area is 126 Å². The highest BCUT2D eigenvalue weighted by Crippen LogP contribution is 2.30. The Morgan fingerprint density at radius 2 is 2.00 bits per heavy atom. The molecule has 21 heavy (non-hydrogen) atoms. The van der Waals surface area contributed by atoms with Gasteiger partial charge in [0.15, 0.2) is 0 Å². The first-order valence-corrected chi connectivity index (χ1v) is 8.59. The lowest BCUT2D eigenvalue weighted by Gasteiger charge is -2.35. The lowest BCUT2D eigenvalue weighted by molar-refractivity contribution is 0.110. The number of rotatable bonds is 4. The van der Waals surface area contributed by atoms with Crippen molar-refractivity contribution in [2.24, 2.45) is 5.92 Å². The molecule has 6 nitrogen and oxygen atoms in total. The van der Waals surface area contributed by atoms with E-state index in [4.69, 9.17) is 5.73 Å². The lowest BCUT2D eigenvalue weighted by atomic mass is 9.92. The summed E-state index contributed by atoms with van der Waals surface area (Å²) in [6.07, 6.45) is 1.54. The number of hydrogen-bond acceptors (Lipinski definition) is 5. The zero-order chi connectivity index (χ0) is 15.6. The van der Waals surface area contributed by atoms with E-state index in [2.05, 4.69) is 9.62 Å². The van der Waals surface area contributed by atoms with Crippen LogP contribution in [0.3, 0.4) is 0 Å². The molecule has 0 radical (unpaired) electrons. The Hall–Kier alpha value is -1.31. The van der Waals surface area contributed by atoms with Gasteiger partial charge in [-0.3, -0.25) is 0 Å². The van der Waals surface area contributed by atoms with Crippen molar-refractivity contribution >= 4 is 21.4 Å². The first-order chi connectivity index (χ1) is 9.85. The molecular formula is C14H23N3O3S. The van der Waals surface area contributed by atoms with Crippen LogP contribution in [-0.4, -0.2) is 39.8 Å². The maximum absolute atomic E-state index is 11.8. The van der Waals surface area contributed by atoms with Crippen molar-refractivity contribution in [2.75, 3.05) is 30.8 Å². The van der Waals surface area contributed by atoms with Gasteiger partial charge in [0, 0.05) is 13.1 Å². The number of piperidine rings is 1. The number of hydrogen-bond donors (Lipinski definition) is 3. The Morgan fingerprint density at radius 1 is 1.38 bits per heavy atom. The molecule has 1 atom stereocenters. The highest BCUT2D eigenvalue weighted by Gasteiger charge is 2.24. The molecule has 0 saturated carbocycles. The molecule has 118 valence electrons. The van der Waals surface area contributed by atoms with Crippen LogP contribution in [-0.2, 0) is 10.0 Å². The molecule has 1 aliphatic rings. The van der Waals surface area contributed by atoms with Crippen molar-refractivity contribution in [3.63, 3.8) is 0 Å². The molecule has 0 spiro atoms. The van der Waals surface area contributed by atoms with Crippen LogP contribution in [0.1, 0.15) is 19.8 Å². The summed E-state index contributed by atoms with van der Waals surface area (Å²) in [4.78, 5) is 2.31. The predicted octanol–water partition coefficient (Wildman–Crippen LogP) is 0.774. The molecule has 1 saturated heterocycles. The summed E-state index contributed by atoms with van der Waals surface area (Å²) < 4.78 is 25.8. The first-order valence-electron chi connectivity index (χ1n) is 7.11. The summed E-state index contributed by atoms with van der Waals surface area (Å²) in [5.41, 5.74) is 7.33. The molecule has 0 amide bonds. The normalized spacial score (nSPS) is 18.7. The molecule has 7 heteroatoms.